The highest BCUT2D eigenvalue weighted by Crippen LogP contribution is 2.34. The predicted molar refractivity (Wildman–Crippen MR) is 113 cm³/mol. The Labute approximate surface area is 164 Å². The van der Waals surface area contributed by atoms with Gasteiger partial charge >= 0.3 is 0 Å². The molecular formula is C23H24N4O. The standard InChI is InChI=1S/C23H24N4O/c1-16-8-10-17(11-9-16)22(27-21-7-5-4-6-20(21)24-25-27)23(28)18-12-14-19(15-13-18)26(2)3/h4-15,22-23,28H,1-3H3. The van der Waals surface area contributed by atoms with E-state index < -0.39 is 6.10 Å². The molecule has 0 aliphatic heterocycles. The lowest BCUT2D eigenvalue weighted by Crippen LogP contribution is -2.21. The van der Waals surface area contributed by atoms with Crippen molar-refractivity contribution in [2.24, 2.45) is 0 Å². The van der Waals surface area contributed by atoms with E-state index in [0.29, 0.717) is 0 Å². The number of aromatic nitrogens is 3. The van der Waals surface area contributed by atoms with E-state index in [1.807, 2.05) is 84.3 Å². The van der Waals surface area contributed by atoms with Gasteiger partial charge in [0.2, 0.25) is 0 Å². The van der Waals surface area contributed by atoms with Gasteiger partial charge in [-0.3, -0.25) is 0 Å². The molecule has 4 rings (SSSR count). The van der Waals surface area contributed by atoms with Crippen LogP contribution in [0.2, 0.25) is 0 Å². The van der Waals surface area contributed by atoms with Crippen LogP contribution in [-0.4, -0.2) is 34.2 Å². The molecule has 0 saturated heterocycles. The summed E-state index contributed by atoms with van der Waals surface area (Å²) in [4.78, 5) is 2.04. The molecule has 0 aliphatic rings. The monoisotopic (exact) mass is 372 g/mol. The van der Waals surface area contributed by atoms with Crippen molar-refractivity contribution in [2.45, 2.75) is 19.1 Å². The first-order valence-corrected chi connectivity index (χ1v) is 9.36. The normalized spacial score (nSPS) is 13.4. The van der Waals surface area contributed by atoms with E-state index in [1.54, 1.807) is 0 Å². The van der Waals surface area contributed by atoms with Crippen molar-refractivity contribution in [3.05, 3.63) is 89.5 Å². The van der Waals surface area contributed by atoms with Crippen molar-refractivity contribution in [3.63, 3.8) is 0 Å². The van der Waals surface area contributed by atoms with Gasteiger partial charge in [-0.05, 0) is 42.3 Å². The zero-order valence-electron chi connectivity index (χ0n) is 16.3. The lowest BCUT2D eigenvalue weighted by Gasteiger charge is -2.25. The Morgan fingerprint density at radius 1 is 0.857 bits per heavy atom. The topological polar surface area (TPSA) is 54.2 Å². The quantitative estimate of drug-likeness (QED) is 0.572. The molecule has 0 spiro atoms. The number of hydrogen-bond donors (Lipinski definition) is 1. The van der Waals surface area contributed by atoms with E-state index in [1.165, 1.54) is 5.56 Å². The van der Waals surface area contributed by atoms with Gasteiger partial charge in [-0.1, -0.05) is 59.3 Å². The number of benzene rings is 3. The van der Waals surface area contributed by atoms with E-state index in [0.717, 1.165) is 27.8 Å². The maximum atomic E-state index is 11.4. The molecule has 0 saturated carbocycles. The van der Waals surface area contributed by atoms with Gasteiger partial charge in [0.15, 0.2) is 0 Å². The van der Waals surface area contributed by atoms with E-state index in [-0.39, 0.29) is 6.04 Å². The summed E-state index contributed by atoms with van der Waals surface area (Å²) in [6, 6.07) is 23.6. The fourth-order valence-electron chi connectivity index (χ4n) is 3.47. The van der Waals surface area contributed by atoms with E-state index in [2.05, 4.69) is 29.4 Å². The summed E-state index contributed by atoms with van der Waals surface area (Å²) in [5, 5.41) is 20.0. The molecule has 4 aromatic rings. The molecule has 0 amide bonds. The Bertz CT molecular complexity index is 1070. The van der Waals surface area contributed by atoms with Crippen molar-refractivity contribution in [1.29, 1.82) is 0 Å². The zero-order valence-corrected chi connectivity index (χ0v) is 16.3. The third-order valence-electron chi connectivity index (χ3n) is 5.11. The molecular weight excluding hydrogens is 348 g/mol. The lowest BCUT2D eigenvalue weighted by atomic mass is 9.95. The van der Waals surface area contributed by atoms with Crippen LogP contribution in [0.15, 0.2) is 72.8 Å². The average molecular weight is 372 g/mol. The first-order chi connectivity index (χ1) is 13.5. The molecule has 142 valence electrons. The van der Waals surface area contributed by atoms with Crippen LogP contribution in [-0.2, 0) is 0 Å². The summed E-state index contributed by atoms with van der Waals surface area (Å²) in [7, 11) is 4.00. The highest BCUT2D eigenvalue weighted by atomic mass is 16.3. The Morgan fingerprint density at radius 3 is 2.18 bits per heavy atom. The van der Waals surface area contributed by atoms with E-state index in [9.17, 15) is 5.11 Å². The zero-order chi connectivity index (χ0) is 19.7. The largest absolute Gasteiger partial charge is 0.386 e. The second kappa shape index (κ2) is 7.44. The molecule has 3 aromatic carbocycles. The SMILES string of the molecule is Cc1ccc(C(C(O)c2ccc(N(C)C)cc2)n2nnc3ccccc32)cc1. The smallest absolute Gasteiger partial charge is 0.113 e. The molecule has 1 heterocycles. The Balaban J connectivity index is 1.81. The molecule has 5 nitrogen and oxygen atoms in total. The van der Waals surface area contributed by atoms with Gasteiger partial charge in [0.1, 0.15) is 17.7 Å². The minimum absolute atomic E-state index is 0.377. The van der Waals surface area contributed by atoms with Gasteiger partial charge in [-0.25, -0.2) is 4.68 Å². The van der Waals surface area contributed by atoms with Crippen LogP contribution in [0.4, 0.5) is 5.69 Å². The fraction of sp³-hybridized carbons (Fsp3) is 0.217. The van der Waals surface area contributed by atoms with Gasteiger partial charge in [0.25, 0.3) is 0 Å². The second-order valence-corrected chi connectivity index (χ2v) is 7.31. The Morgan fingerprint density at radius 2 is 1.50 bits per heavy atom. The summed E-state index contributed by atoms with van der Waals surface area (Å²) in [5.41, 5.74) is 5.82. The molecule has 2 atom stereocenters. The third kappa shape index (κ3) is 3.37. The Hall–Kier alpha value is -3.18. The number of hydrogen-bond acceptors (Lipinski definition) is 4. The van der Waals surface area contributed by atoms with E-state index in [4.69, 9.17) is 0 Å². The molecule has 28 heavy (non-hydrogen) atoms. The van der Waals surface area contributed by atoms with Gasteiger partial charge in [0, 0.05) is 19.8 Å². The number of rotatable bonds is 5. The highest BCUT2D eigenvalue weighted by molar-refractivity contribution is 5.74. The van der Waals surface area contributed by atoms with Gasteiger partial charge < -0.3 is 10.0 Å². The molecule has 5 heteroatoms. The number of para-hydroxylation sites is 1. The molecule has 0 radical (unpaired) electrons. The second-order valence-electron chi connectivity index (χ2n) is 7.31. The van der Waals surface area contributed by atoms with Crippen molar-refractivity contribution in [1.82, 2.24) is 15.0 Å². The van der Waals surface area contributed by atoms with Crippen molar-refractivity contribution in [2.75, 3.05) is 19.0 Å². The summed E-state index contributed by atoms with van der Waals surface area (Å²) in [6.07, 6.45) is -0.760. The molecule has 1 N–H and O–H groups in total. The van der Waals surface area contributed by atoms with Crippen LogP contribution in [0, 0.1) is 6.92 Å². The maximum Gasteiger partial charge on any atom is 0.113 e. The third-order valence-corrected chi connectivity index (χ3v) is 5.11. The number of aliphatic hydroxyl groups is 1. The first-order valence-electron chi connectivity index (χ1n) is 9.36. The van der Waals surface area contributed by atoms with Crippen molar-refractivity contribution in [3.8, 4) is 0 Å². The fourth-order valence-corrected chi connectivity index (χ4v) is 3.47. The van der Waals surface area contributed by atoms with Crippen LogP contribution in [0.5, 0.6) is 0 Å². The lowest BCUT2D eigenvalue weighted by molar-refractivity contribution is 0.126. The van der Waals surface area contributed by atoms with Crippen molar-refractivity contribution >= 4 is 16.7 Å². The average Bonchev–Trinajstić information content (AvgIpc) is 3.13. The van der Waals surface area contributed by atoms with Crippen LogP contribution in [0.25, 0.3) is 11.0 Å². The number of aliphatic hydroxyl groups excluding tert-OH is 1. The van der Waals surface area contributed by atoms with Gasteiger partial charge in [-0.15, -0.1) is 5.10 Å². The molecule has 2 unspecified atom stereocenters. The summed E-state index contributed by atoms with van der Waals surface area (Å²) >= 11 is 0. The minimum atomic E-state index is -0.760. The first kappa shape index (κ1) is 18.2. The van der Waals surface area contributed by atoms with Gasteiger partial charge in [-0.2, -0.15) is 0 Å². The van der Waals surface area contributed by atoms with Crippen LogP contribution in [0.1, 0.15) is 28.8 Å². The minimum Gasteiger partial charge on any atom is -0.386 e. The summed E-state index contributed by atoms with van der Waals surface area (Å²) < 4.78 is 1.82. The molecule has 0 bridgehead atoms. The van der Waals surface area contributed by atoms with E-state index >= 15 is 0 Å². The molecule has 0 aliphatic carbocycles. The van der Waals surface area contributed by atoms with Crippen LogP contribution in [0.3, 0.4) is 0 Å². The summed E-state index contributed by atoms with van der Waals surface area (Å²) in [6.45, 7) is 2.06. The molecule has 1 aromatic heterocycles. The Kier molecular flexibility index (Phi) is 4.84. The number of aryl methyl sites for hydroxylation is 1. The van der Waals surface area contributed by atoms with Crippen LogP contribution >= 0.6 is 0 Å². The highest BCUT2D eigenvalue weighted by Gasteiger charge is 2.27. The van der Waals surface area contributed by atoms with Crippen molar-refractivity contribution < 1.29 is 5.11 Å². The maximum absolute atomic E-state index is 11.4. The summed E-state index contributed by atoms with van der Waals surface area (Å²) in [5.74, 6) is 0. The molecule has 0 fully saturated rings. The number of anilines is 1. The van der Waals surface area contributed by atoms with Crippen LogP contribution < -0.4 is 4.90 Å². The number of nitrogens with zero attached hydrogens (tertiary/aromatic N) is 4. The van der Waals surface area contributed by atoms with Gasteiger partial charge in [0.05, 0.1) is 5.52 Å². The number of fused-ring (bicyclic) bond motifs is 1. The predicted octanol–water partition coefficient (Wildman–Crippen LogP) is 4.13.